The molecule has 2 aromatic carbocycles. The van der Waals surface area contributed by atoms with Gasteiger partial charge in [-0.1, -0.05) is 41.3 Å². The van der Waals surface area contributed by atoms with Crippen LogP contribution in [-0.4, -0.2) is 30.7 Å². The molecule has 2 heterocycles. The number of benzene rings is 2. The highest BCUT2D eigenvalue weighted by atomic mass is 16.4. The molecular formula is C23H21N3O2. The van der Waals surface area contributed by atoms with Crippen LogP contribution in [0.3, 0.4) is 0 Å². The molecule has 1 aromatic heterocycles. The summed E-state index contributed by atoms with van der Waals surface area (Å²) in [4.78, 5) is 2.01. The predicted octanol–water partition coefficient (Wildman–Crippen LogP) is 1.50. The average molecular weight is 371 g/mol. The fourth-order valence-electron chi connectivity index (χ4n) is 3.17. The van der Waals surface area contributed by atoms with Crippen LogP contribution in [0.15, 0.2) is 58.1 Å². The summed E-state index contributed by atoms with van der Waals surface area (Å²) in [6.07, 6.45) is 4.07. The van der Waals surface area contributed by atoms with Gasteiger partial charge in [0.1, 0.15) is 22.7 Å². The molecule has 4 rings (SSSR count). The van der Waals surface area contributed by atoms with Gasteiger partial charge in [-0.2, -0.15) is 0 Å². The first kappa shape index (κ1) is 17.9. The molecule has 0 radical (unpaired) electrons. The average Bonchev–Trinajstić information content (AvgIpc) is 2.72. The summed E-state index contributed by atoms with van der Waals surface area (Å²) in [5.74, 6) is 6.94. The third kappa shape index (κ3) is 3.64. The molecule has 1 atom stereocenters. The van der Waals surface area contributed by atoms with Crippen LogP contribution in [0.2, 0.25) is 0 Å². The molecule has 0 saturated heterocycles. The summed E-state index contributed by atoms with van der Waals surface area (Å²) >= 11 is 0. The second kappa shape index (κ2) is 7.63. The minimum atomic E-state index is -0.150. The van der Waals surface area contributed by atoms with Crippen LogP contribution in [0.5, 0.6) is 0 Å². The highest BCUT2D eigenvalue weighted by Crippen LogP contribution is 2.20. The minimum Gasteiger partial charge on any atom is -0.458 e. The molecule has 2 N–H and O–H groups in total. The van der Waals surface area contributed by atoms with Crippen molar-refractivity contribution in [3.8, 4) is 11.8 Å². The molecule has 0 fully saturated rings. The Morgan fingerprint density at radius 1 is 1.14 bits per heavy atom. The standard InChI is InChI=1S/C23H21N3O2/c1-26(2)11-5-6-16-9-10-19-20(25-27)14-23(28-22(19)12-16)21-13-17-7-3-4-8-18(17)15-24-21/h3-4,7-10,12-15,21,24,27H,11H2,1-2H3. The topological polar surface area (TPSA) is 61.0 Å². The maximum absolute atomic E-state index is 9.50. The van der Waals surface area contributed by atoms with Gasteiger partial charge in [0, 0.05) is 23.2 Å². The fourth-order valence-corrected chi connectivity index (χ4v) is 3.17. The fraction of sp³-hybridized carbons (Fsp3) is 0.174. The second-order valence-electron chi connectivity index (χ2n) is 6.97. The van der Waals surface area contributed by atoms with Crippen LogP contribution >= 0.6 is 0 Å². The van der Waals surface area contributed by atoms with Gasteiger partial charge in [-0.3, -0.25) is 4.90 Å². The number of hydrogen-bond acceptors (Lipinski definition) is 5. The zero-order valence-electron chi connectivity index (χ0n) is 15.8. The molecule has 1 aliphatic rings. The van der Waals surface area contributed by atoms with E-state index in [0.29, 0.717) is 23.2 Å². The van der Waals surface area contributed by atoms with Gasteiger partial charge in [0.05, 0.1) is 6.54 Å². The largest absolute Gasteiger partial charge is 0.458 e. The molecule has 28 heavy (non-hydrogen) atoms. The van der Waals surface area contributed by atoms with Crippen molar-refractivity contribution in [1.29, 1.82) is 0 Å². The monoisotopic (exact) mass is 371 g/mol. The van der Waals surface area contributed by atoms with Crippen LogP contribution in [0, 0.1) is 11.8 Å². The Kier molecular flexibility index (Phi) is 4.88. The Morgan fingerprint density at radius 3 is 2.75 bits per heavy atom. The van der Waals surface area contributed by atoms with E-state index in [-0.39, 0.29) is 6.04 Å². The van der Waals surface area contributed by atoms with Crippen molar-refractivity contribution in [2.45, 2.75) is 6.04 Å². The lowest BCUT2D eigenvalue weighted by molar-refractivity contribution is 0.302. The SMILES string of the molecule is CN(C)CC#Cc1ccc2c(=NO)cc(C3C=c4ccccc4=CN3)oc2c1. The first-order chi connectivity index (χ1) is 13.6. The first-order valence-corrected chi connectivity index (χ1v) is 9.07. The van der Waals surface area contributed by atoms with E-state index in [9.17, 15) is 5.21 Å². The van der Waals surface area contributed by atoms with E-state index in [4.69, 9.17) is 4.42 Å². The van der Waals surface area contributed by atoms with E-state index >= 15 is 0 Å². The summed E-state index contributed by atoms with van der Waals surface area (Å²) in [6, 6.07) is 15.4. The van der Waals surface area contributed by atoms with Gasteiger partial charge in [-0.25, -0.2) is 0 Å². The lowest BCUT2D eigenvalue weighted by atomic mass is 10.1. The molecule has 1 unspecified atom stereocenters. The lowest BCUT2D eigenvalue weighted by Gasteiger charge is -2.16. The van der Waals surface area contributed by atoms with Crippen molar-refractivity contribution >= 4 is 23.2 Å². The Labute approximate surface area is 162 Å². The van der Waals surface area contributed by atoms with Gasteiger partial charge in [-0.05, 0) is 48.8 Å². The van der Waals surface area contributed by atoms with Crippen molar-refractivity contribution in [1.82, 2.24) is 10.2 Å². The summed E-state index contributed by atoms with van der Waals surface area (Å²) in [5.41, 5.74) is 1.49. The minimum absolute atomic E-state index is 0.150. The number of nitrogens with one attached hydrogen (secondary N) is 1. The smallest absolute Gasteiger partial charge is 0.137 e. The highest BCUT2D eigenvalue weighted by molar-refractivity contribution is 5.78. The Bertz CT molecular complexity index is 1280. The molecule has 5 nitrogen and oxygen atoms in total. The molecule has 0 spiro atoms. The summed E-state index contributed by atoms with van der Waals surface area (Å²) in [5, 5.41) is 19.8. The molecule has 0 aliphatic carbocycles. The lowest BCUT2D eigenvalue weighted by Crippen LogP contribution is -2.34. The summed E-state index contributed by atoms with van der Waals surface area (Å²) in [7, 11) is 3.96. The third-order valence-corrected chi connectivity index (χ3v) is 4.57. The second-order valence-corrected chi connectivity index (χ2v) is 6.97. The maximum Gasteiger partial charge on any atom is 0.137 e. The van der Waals surface area contributed by atoms with Gasteiger partial charge >= 0.3 is 0 Å². The zero-order chi connectivity index (χ0) is 19.5. The maximum atomic E-state index is 9.50. The van der Waals surface area contributed by atoms with E-state index in [1.165, 1.54) is 0 Å². The molecular weight excluding hydrogens is 350 g/mol. The predicted molar refractivity (Wildman–Crippen MR) is 109 cm³/mol. The van der Waals surface area contributed by atoms with E-state index < -0.39 is 0 Å². The van der Waals surface area contributed by atoms with Crippen molar-refractivity contribution in [2.75, 3.05) is 20.6 Å². The Balaban J connectivity index is 1.79. The molecule has 0 saturated carbocycles. The van der Waals surface area contributed by atoms with E-state index in [1.807, 2.05) is 55.5 Å². The van der Waals surface area contributed by atoms with E-state index in [2.05, 4.69) is 40.5 Å². The molecule has 1 aliphatic heterocycles. The number of rotatable bonds is 2. The summed E-state index contributed by atoms with van der Waals surface area (Å²) in [6.45, 7) is 0.683. The Hall–Kier alpha value is -3.49. The van der Waals surface area contributed by atoms with Gasteiger partial charge in [0.15, 0.2) is 0 Å². The molecule has 0 bridgehead atoms. The molecule has 140 valence electrons. The van der Waals surface area contributed by atoms with Crippen LogP contribution in [-0.2, 0) is 0 Å². The van der Waals surface area contributed by atoms with Gasteiger partial charge < -0.3 is 14.9 Å². The van der Waals surface area contributed by atoms with Crippen molar-refractivity contribution in [3.63, 3.8) is 0 Å². The number of fused-ring (bicyclic) bond motifs is 2. The van der Waals surface area contributed by atoms with Gasteiger partial charge in [0.25, 0.3) is 0 Å². The molecule has 5 heteroatoms. The Morgan fingerprint density at radius 2 is 1.96 bits per heavy atom. The van der Waals surface area contributed by atoms with Gasteiger partial charge in [0.2, 0.25) is 0 Å². The van der Waals surface area contributed by atoms with Gasteiger partial charge in [-0.15, -0.1) is 0 Å². The van der Waals surface area contributed by atoms with Crippen molar-refractivity contribution in [3.05, 3.63) is 75.6 Å². The number of nitrogens with zero attached hydrogens (tertiary/aromatic N) is 2. The van der Waals surface area contributed by atoms with Crippen molar-refractivity contribution in [2.24, 2.45) is 5.16 Å². The number of hydrogen-bond donors (Lipinski definition) is 2. The quantitative estimate of drug-likeness (QED) is 0.407. The third-order valence-electron chi connectivity index (χ3n) is 4.57. The molecule has 0 amide bonds. The van der Waals surface area contributed by atoms with Crippen LogP contribution in [0.4, 0.5) is 0 Å². The first-order valence-electron chi connectivity index (χ1n) is 9.07. The molecule has 3 aromatic rings. The van der Waals surface area contributed by atoms with E-state index in [0.717, 1.165) is 21.4 Å². The van der Waals surface area contributed by atoms with E-state index in [1.54, 1.807) is 6.07 Å². The summed E-state index contributed by atoms with van der Waals surface area (Å²) < 4.78 is 6.16. The van der Waals surface area contributed by atoms with Crippen molar-refractivity contribution < 1.29 is 9.62 Å². The van der Waals surface area contributed by atoms with Crippen LogP contribution < -0.4 is 21.1 Å². The highest BCUT2D eigenvalue weighted by Gasteiger charge is 2.14. The van der Waals surface area contributed by atoms with Crippen LogP contribution in [0.25, 0.3) is 23.2 Å². The van der Waals surface area contributed by atoms with Crippen LogP contribution in [0.1, 0.15) is 17.4 Å². The zero-order valence-corrected chi connectivity index (χ0v) is 15.8. The normalized spacial score (nSPS) is 15.8.